The van der Waals surface area contributed by atoms with Gasteiger partial charge >= 0.3 is 138 Å². The van der Waals surface area contributed by atoms with Crippen LogP contribution < -0.4 is 120 Å². The Kier molecular flexibility index (Phi) is 46.5. The number of hydrogen-bond donors (Lipinski definition) is 4. The molecule has 23 heteroatoms. The van der Waals surface area contributed by atoms with E-state index in [2.05, 4.69) is 5.32 Å². The predicted molar refractivity (Wildman–Crippen MR) is 77.1 cm³/mol. The first-order valence-corrected chi connectivity index (χ1v) is 12.1. The molecule has 2 unspecified atom stereocenters. The van der Waals surface area contributed by atoms with Gasteiger partial charge in [0.1, 0.15) is 6.10 Å². The Morgan fingerprint density at radius 1 is 1.16 bits per heavy atom. The van der Waals surface area contributed by atoms with Crippen molar-refractivity contribution in [2.45, 2.75) is 26.4 Å². The van der Waals surface area contributed by atoms with E-state index in [0.29, 0.717) is 0 Å². The van der Waals surface area contributed by atoms with Crippen molar-refractivity contribution in [1.82, 2.24) is 5.32 Å². The third kappa shape index (κ3) is 42.9. The van der Waals surface area contributed by atoms with Gasteiger partial charge in [0.15, 0.2) is 0 Å². The van der Waals surface area contributed by atoms with Gasteiger partial charge in [0.2, 0.25) is 15.1 Å². The maximum absolute atomic E-state index is 11.2. The number of halogens is 1. The molecule has 1 amide bonds. The third-order valence-corrected chi connectivity index (χ3v) is 3.60. The standard InChI is InChI=1S/C9H17NO5.ClH.3Na.H2O5S2.H2O4Se.Zn/c1-9(2,5-11)7(14)8(15)10-4-3-6(12)13;;;;;1-6(2)7(3,4)5;1-5(2,3)4;/h7,11,14H,3-5H2,1-2H3,(H,10,15)(H,12,13);1H;;;;(H,1,2)(H,3,4,5);(H2,1,2,3,4);/q;;3*+1;;;+2/p-5. The summed E-state index contributed by atoms with van der Waals surface area (Å²) in [4.78, 5) is 21.3. The number of carboxylic acid groups (broad SMARTS) is 1. The zero-order chi connectivity index (χ0) is 22.6. The number of rotatable bonds is 7. The Morgan fingerprint density at radius 2 is 1.44 bits per heavy atom. The fourth-order valence-electron chi connectivity index (χ4n) is 0.826. The van der Waals surface area contributed by atoms with E-state index in [4.69, 9.17) is 25.7 Å². The molecule has 15 nitrogen and oxygen atoms in total. The van der Waals surface area contributed by atoms with Crippen LogP contribution in [0.25, 0.3) is 0 Å². The van der Waals surface area contributed by atoms with E-state index < -0.39 is 56.0 Å². The van der Waals surface area contributed by atoms with Crippen LogP contribution in [0.4, 0.5) is 0 Å². The summed E-state index contributed by atoms with van der Waals surface area (Å²) in [7, 11) is -8.23. The summed E-state index contributed by atoms with van der Waals surface area (Å²) in [6.45, 7) is 2.60. The second-order valence-electron chi connectivity index (χ2n) is 5.00. The number of hydrogen-bond acceptors (Lipinski definition) is 13. The zero-order valence-corrected chi connectivity index (χ0v) is 30.9. The molecule has 0 aliphatic carbocycles. The smallest absolute Gasteiger partial charge is 1.00 e. The molecular weight excluding hydrogens is 659 g/mol. The Labute approximate surface area is 274 Å². The molecule has 0 radical (unpaired) electrons. The van der Waals surface area contributed by atoms with E-state index in [1.807, 2.05) is 0 Å². The first-order valence-electron chi connectivity index (χ1n) is 6.26. The van der Waals surface area contributed by atoms with Crippen LogP contribution >= 0.6 is 0 Å². The van der Waals surface area contributed by atoms with Crippen molar-refractivity contribution < 1.29 is 183 Å². The van der Waals surface area contributed by atoms with E-state index in [9.17, 15) is 37.0 Å². The van der Waals surface area contributed by atoms with Crippen LogP contribution in [-0.2, 0) is 56.0 Å². The van der Waals surface area contributed by atoms with Gasteiger partial charge in [-0.1, -0.05) is 13.8 Å². The zero-order valence-electron chi connectivity index (χ0n) is 17.8. The van der Waals surface area contributed by atoms with Crippen LogP contribution in [0.2, 0.25) is 0 Å². The molecule has 0 saturated heterocycles. The predicted octanol–water partition coefficient (Wildman–Crippen LogP) is -18.7. The SMILES string of the molecule is CC(C)(CO)C(O)C(=O)NCCC(=O)[O-].O=S(O)S(=O)(=O)[O-].O=[Se](=O)([O-])[O-].[Cl-].[Na+].[Na+].[Na+].[Zn+2]. The van der Waals surface area contributed by atoms with Gasteiger partial charge in [-0.25, -0.2) is 12.6 Å². The van der Waals surface area contributed by atoms with Crippen LogP contribution in [-0.4, -0.2) is 76.4 Å². The van der Waals surface area contributed by atoms with Crippen molar-refractivity contribution in [3.8, 4) is 0 Å². The summed E-state index contributed by atoms with van der Waals surface area (Å²) in [5, 5.41) is 30.6. The minimum Gasteiger partial charge on any atom is -1.00 e. The molecule has 0 aromatic carbocycles. The maximum Gasteiger partial charge on any atom is 2.00 e. The van der Waals surface area contributed by atoms with Crippen LogP contribution in [0.1, 0.15) is 20.3 Å². The summed E-state index contributed by atoms with van der Waals surface area (Å²) in [6.07, 6.45) is -1.68. The molecule has 172 valence electrons. The molecule has 0 heterocycles. The first-order chi connectivity index (χ1) is 11.8. The molecule has 4 N–H and O–H groups in total. The second kappa shape index (κ2) is 26.9. The molecule has 2 atom stereocenters. The second-order valence-corrected chi connectivity index (χ2v) is 10.0. The van der Waals surface area contributed by atoms with Gasteiger partial charge in [-0.05, 0) is 0 Å². The quantitative estimate of drug-likeness (QED) is 0.0844. The number of carbonyl (C=O) groups is 2. The summed E-state index contributed by atoms with van der Waals surface area (Å²) >= 11 is -5.75. The molecule has 0 saturated carbocycles. The molecule has 0 fully saturated rings. The van der Waals surface area contributed by atoms with E-state index >= 15 is 0 Å². The Bertz CT molecular complexity index is 719. The Balaban J connectivity index is -0.0000000485. The molecule has 0 rings (SSSR count). The van der Waals surface area contributed by atoms with Crippen molar-refractivity contribution in [1.29, 1.82) is 0 Å². The molecule has 0 bridgehead atoms. The molecule has 0 aromatic rings. The number of aliphatic hydroxyl groups is 2. The van der Waals surface area contributed by atoms with Gasteiger partial charge < -0.3 is 42.4 Å². The number of aliphatic hydroxyl groups excluding tert-OH is 2. The number of carbonyl (C=O) groups excluding carboxylic acids is 2. The largest absolute Gasteiger partial charge is 2.00 e. The molecule has 0 aromatic heterocycles. The van der Waals surface area contributed by atoms with Crippen LogP contribution in [0.3, 0.4) is 0 Å². The number of amides is 1. The van der Waals surface area contributed by atoms with Gasteiger partial charge in [-0.2, -0.15) is 0 Å². The monoisotopic (exact) mass is 675 g/mol. The molecule has 32 heavy (non-hydrogen) atoms. The summed E-state index contributed by atoms with van der Waals surface area (Å²) < 4.78 is 78.7. The fraction of sp³-hybridized carbons (Fsp3) is 0.778. The van der Waals surface area contributed by atoms with Crippen LogP contribution in [0.5, 0.6) is 0 Å². The van der Waals surface area contributed by atoms with E-state index in [1.165, 1.54) is 13.8 Å². The minimum atomic E-state index is -5.75. The minimum absolute atomic E-state index is 0. The average molecular weight is 676 g/mol. The number of aliphatic carboxylic acids is 1. The van der Waals surface area contributed by atoms with E-state index in [0.717, 1.165) is 0 Å². The molecular formula is C9H17ClNNa3O14S2SeZn. The Morgan fingerprint density at radius 3 is 1.62 bits per heavy atom. The average Bonchev–Trinajstić information content (AvgIpc) is 2.43. The van der Waals surface area contributed by atoms with Gasteiger partial charge in [-0.3, -0.25) is 9.35 Å². The van der Waals surface area contributed by atoms with Crippen molar-refractivity contribution in [3.05, 3.63) is 0 Å². The van der Waals surface area contributed by atoms with Crippen LogP contribution in [0, 0.1) is 5.41 Å². The molecule has 0 spiro atoms. The third-order valence-electron chi connectivity index (χ3n) is 2.20. The normalized spacial score (nSPS) is 11.6. The summed E-state index contributed by atoms with van der Waals surface area (Å²) in [5.41, 5.74) is -0.953. The van der Waals surface area contributed by atoms with Crippen molar-refractivity contribution in [2.24, 2.45) is 5.41 Å². The molecule has 0 aliphatic heterocycles. The van der Waals surface area contributed by atoms with Gasteiger partial charge in [0, 0.05) is 24.3 Å². The van der Waals surface area contributed by atoms with Crippen molar-refractivity contribution >= 4 is 44.5 Å². The molecule has 0 aliphatic rings. The first kappa shape index (κ1) is 55.4. The van der Waals surface area contributed by atoms with Gasteiger partial charge in [-0.15, -0.1) is 0 Å². The van der Waals surface area contributed by atoms with E-state index in [-0.39, 0.29) is 140 Å². The van der Waals surface area contributed by atoms with E-state index in [1.54, 1.807) is 0 Å². The van der Waals surface area contributed by atoms with Gasteiger partial charge in [0.25, 0.3) is 10.1 Å². The Hall–Kier alpha value is 2.83. The number of carboxylic acids is 1. The summed E-state index contributed by atoms with van der Waals surface area (Å²) in [5.74, 6) is -1.97. The fourth-order valence-corrected chi connectivity index (χ4v) is 0.826. The maximum atomic E-state index is 11.2. The summed E-state index contributed by atoms with van der Waals surface area (Å²) in [6, 6.07) is 0. The van der Waals surface area contributed by atoms with Crippen LogP contribution in [0.15, 0.2) is 0 Å². The van der Waals surface area contributed by atoms with Crippen molar-refractivity contribution in [3.63, 3.8) is 0 Å². The van der Waals surface area contributed by atoms with Crippen molar-refractivity contribution in [2.75, 3.05) is 13.2 Å². The van der Waals surface area contributed by atoms with Gasteiger partial charge in [0.05, 0.1) is 6.61 Å². The topological polar surface area (TPSA) is 284 Å². The number of nitrogens with one attached hydrogen (secondary N) is 1.